The van der Waals surface area contributed by atoms with Gasteiger partial charge in [-0.3, -0.25) is 5.84 Å². The summed E-state index contributed by atoms with van der Waals surface area (Å²) in [5, 5.41) is 0. The van der Waals surface area contributed by atoms with E-state index in [0.29, 0.717) is 15.2 Å². The predicted molar refractivity (Wildman–Crippen MR) is 68.3 cm³/mol. The van der Waals surface area contributed by atoms with E-state index in [0.717, 1.165) is 5.56 Å². The first-order valence-electron chi connectivity index (χ1n) is 4.01. The normalized spacial score (nSPS) is 9.86. The average Bonchev–Trinajstić information content (AvgIpc) is 2.08. The van der Waals surface area contributed by atoms with E-state index in [4.69, 9.17) is 5.84 Å². The van der Waals surface area contributed by atoms with Crippen LogP contribution in [0.15, 0.2) is 12.1 Å². The molecule has 1 aromatic rings. The molecule has 5 heteroatoms. The van der Waals surface area contributed by atoms with Crippen molar-refractivity contribution in [2.45, 2.75) is 19.8 Å². The number of nitrogen functional groups attached to an aromatic ring is 1. The van der Waals surface area contributed by atoms with E-state index < -0.39 is 0 Å². The second-order valence-corrected chi connectivity index (χ2v) is 4.31. The average molecular weight is 331 g/mol. The molecular weight excluding hydrogens is 317 g/mol. The van der Waals surface area contributed by atoms with E-state index in [1.807, 2.05) is 42.5 Å². The van der Waals surface area contributed by atoms with Crippen LogP contribution in [0.4, 0.5) is 10.1 Å². The lowest BCUT2D eigenvalue weighted by Crippen LogP contribution is -2.10. The molecule has 0 spiro atoms. The Morgan fingerprint density at radius 3 is 2.43 bits per heavy atom. The van der Waals surface area contributed by atoms with E-state index >= 15 is 0 Å². The van der Waals surface area contributed by atoms with Crippen molar-refractivity contribution in [2.75, 3.05) is 5.43 Å². The maximum absolute atomic E-state index is 13.1. The van der Waals surface area contributed by atoms with E-state index in [1.165, 1.54) is 6.07 Å². The summed E-state index contributed by atoms with van der Waals surface area (Å²) in [5.74, 6) is 5.38. The van der Waals surface area contributed by atoms with Crippen LogP contribution >= 0.6 is 35.0 Å². The molecule has 0 aliphatic carbocycles. The Hall–Kier alpha value is -0.0700. The van der Waals surface area contributed by atoms with Crippen molar-refractivity contribution in [3.05, 3.63) is 27.1 Å². The molecule has 14 heavy (non-hydrogen) atoms. The molecule has 1 rings (SSSR count). The maximum atomic E-state index is 13.1. The van der Waals surface area contributed by atoms with Crippen molar-refractivity contribution in [3.8, 4) is 0 Å². The summed E-state index contributed by atoms with van der Waals surface area (Å²) < 4.78 is 13.7. The summed E-state index contributed by atoms with van der Waals surface area (Å²) in [7, 11) is 0. The van der Waals surface area contributed by atoms with Crippen molar-refractivity contribution >= 4 is 40.7 Å². The highest BCUT2D eigenvalue weighted by Gasteiger charge is 2.09. The highest BCUT2D eigenvalue weighted by molar-refractivity contribution is 14.1. The number of anilines is 1. The van der Waals surface area contributed by atoms with Gasteiger partial charge < -0.3 is 5.43 Å². The molecule has 0 saturated heterocycles. The molecule has 3 N–H and O–H groups in total. The standard InChI is InChI=1S/C9H12FIN2.ClH/c1-5(2)6-3-8(11)7(10)4-9(6)13-12;/h3-5,13H,12H2,1-2H3;1H. The van der Waals surface area contributed by atoms with E-state index in [1.54, 1.807) is 0 Å². The summed E-state index contributed by atoms with van der Waals surface area (Å²) >= 11 is 1.97. The molecule has 0 unspecified atom stereocenters. The quantitative estimate of drug-likeness (QED) is 0.496. The van der Waals surface area contributed by atoms with Crippen LogP contribution in [0.1, 0.15) is 25.3 Å². The Morgan fingerprint density at radius 2 is 2.00 bits per heavy atom. The van der Waals surface area contributed by atoms with Gasteiger partial charge in [-0.05, 0) is 46.2 Å². The van der Waals surface area contributed by atoms with E-state index in [9.17, 15) is 4.39 Å². The largest absolute Gasteiger partial charge is 0.324 e. The lowest BCUT2D eigenvalue weighted by Gasteiger charge is -2.12. The second-order valence-electron chi connectivity index (χ2n) is 3.15. The van der Waals surface area contributed by atoms with Crippen molar-refractivity contribution in [1.29, 1.82) is 0 Å². The zero-order valence-electron chi connectivity index (χ0n) is 7.97. The molecule has 0 aromatic heterocycles. The van der Waals surface area contributed by atoms with Gasteiger partial charge in [0.2, 0.25) is 0 Å². The Morgan fingerprint density at radius 1 is 1.43 bits per heavy atom. The van der Waals surface area contributed by atoms with E-state index in [2.05, 4.69) is 5.43 Å². The van der Waals surface area contributed by atoms with Gasteiger partial charge in [0.1, 0.15) is 5.82 Å². The van der Waals surface area contributed by atoms with Crippen molar-refractivity contribution in [2.24, 2.45) is 5.84 Å². The first kappa shape index (κ1) is 13.9. The SMILES string of the molecule is CC(C)c1cc(I)c(F)cc1NN.Cl. The minimum atomic E-state index is -0.238. The molecule has 80 valence electrons. The molecule has 1 aromatic carbocycles. The van der Waals surface area contributed by atoms with Gasteiger partial charge in [-0.1, -0.05) is 13.8 Å². The molecule has 0 heterocycles. The van der Waals surface area contributed by atoms with Crippen LogP contribution in [0.5, 0.6) is 0 Å². The molecule has 0 amide bonds. The lowest BCUT2D eigenvalue weighted by molar-refractivity contribution is 0.619. The van der Waals surface area contributed by atoms with Gasteiger partial charge in [0, 0.05) is 3.57 Å². The molecule has 0 atom stereocenters. The fraction of sp³-hybridized carbons (Fsp3) is 0.333. The van der Waals surface area contributed by atoms with Crippen molar-refractivity contribution in [3.63, 3.8) is 0 Å². The monoisotopic (exact) mass is 330 g/mol. The van der Waals surface area contributed by atoms with Gasteiger partial charge >= 0.3 is 0 Å². The summed E-state index contributed by atoms with van der Waals surface area (Å²) in [6, 6.07) is 3.24. The van der Waals surface area contributed by atoms with E-state index in [-0.39, 0.29) is 18.2 Å². The van der Waals surface area contributed by atoms with Crippen molar-refractivity contribution in [1.82, 2.24) is 0 Å². The molecular formula is C9H13ClFIN2. The Labute approximate surface area is 103 Å². The molecule has 0 radical (unpaired) electrons. The Bertz CT molecular complexity index is 318. The first-order chi connectivity index (χ1) is 6.06. The Balaban J connectivity index is 0.00000169. The third-order valence-corrected chi connectivity index (χ3v) is 2.70. The first-order valence-corrected chi connectivity index (χ1v) is 5.09. The molecule has 2 nitrogen and oxygen atoms in total. The van der Waals surface area contributed by atoms with Crippen LogP contribution in [-0.4, -0.2) is 0 Å². The fourth-order valence-corrected chi connectivity index (χ4v) is 1.66. The Kier molecular flexibility index (Phi) is 5.70. The number of rotatable bonds is 2. The number of hydrogen-bond acceptors (Lipinski definition) is 2. The minimum Gasteiger partial charge on any atom is -0.324 e. The van der Waals surface area contributed by atoms with Crippen LogP contribution in [0.2, 0.25) is 0 Å². The van der Waals surface area contributed by atoms with Crippen molar-refractivity contribution < 1.29 is 4.39 Å². The molecule has 0 saturated carbocycles. The molecule has 0 aliphatic heterocycles. The summed E-state index contributed by atoms with van der Waals surface area (Å²) in [5.41, 5.74) is 4.20. The zero-order chi connectivity index (χ0) is 10.0. The third kappa shape index (κ3) is 2.96. The minimum absolute atomic E-state index is 0. The zero-order valence-corrected chi connectivity index (χ0v) is 10.9. The fourth-order valence-electron chi connectivity index (χ4n) is 1.16. The summed E-state index contributed by atoms with van der Waals surface area (Å²) in [6.45, 7) is 4.09. The topological polar surface area (TPSA) is 38.0 Å². The van der Waals surface area contributed by atoms with Gasteiger partial charge in [0.05, 0.1) is 5.69 Å². The van der Waals surface area contributed by atoms with Crippen LogP contribution in [-0.2, 0) is 0 Å². The number of hydrogen-bond donors (Lipinski definition) is 2. The highest BCUT2D eigenvalue weighted by Crippen LogP contribution is 2.27. The maximum Gasteiger partial charge on any atom is 0.138 e. The van der Waals surface area contributed by atoms with Gasteiger partial charge in [-0.15, -0.1) is 12.4 Å². The number of nitrogens with two attached hydrogens (primary N) is 1. The van der Waals surface area contributed by atoms with Gasteiger partial charge in [0.15, 0.2) is 0 Å². The third-order valence-electron chi connectivity index (χ3n) is 1.87. The summed E-state index contributed by atoms with van der Waals surface area (Å²) in [4.78, 5) is 0. The molecule has 0 aliphatic rings. The second kappa shape index (κ2) is 5.72. The number of benzene rings is 1. The number of halogens is 3. The summed E-state index contributed by atoms with van der Waals surface area (Å²) in [6.07, 6.45) is 0. The van der Waals surface area contributed by atoms with Gasteiger partial charge in [0.25, 0.3) is 0 Å². The number of nitrogens with one attached hydrogen (secondary N) is 1. The highest BCUT2D eigenvalue weighted by atomic mass is 127. The van der Waals surface area contributed by atoms with Gasteiger partial charge in [-0.2, -0.15) is 0 Å². The number of hydrazine groups is 1. The smallest absolute Gasteiger partial charge is 0.138 e. The van der Waals surface area contributed by atoms with Crippen LogP contribution < -0.4 is 11.3 Å². The van der Waals surface area contributed by atoms with Crippen LogP contribution in [0.3, 0.4) is 0 Å². The van der Waals surface area contributed by atoms with Gasteiger partial charge in [-0.25, -0.2) is 4.39 Å². The molecule has 0 bridgehead atoms. The molecule has 0 fully saturated rings. The van der Waals surface area contributed by atoms with Crippen LogP contribution in [0.25, 0.3) is 0 Å². The lowest BCUT2D eigenvalue weighted by atomic mass is 10.0. The predicted octanol–water partition coefficient (Wildman–Crippen LogP) is 3.26. The van der Waals surface area contributed by atoms with Crippen LogP contribution in [0, 0.1) is 9.39 Å².